The molecule has 2 amide bonds. The lowest BCUT2D eigenvalue weighted by Crippen LogP contribution is -2.48. The van der Waals surface area contributed by atoms with E-state index < -0.39 is 0 Å². The van der Waals surface area contributed by atoms with Crippen molar-refractivity contribution < 1.29 is 14.3 Å². The highest BCUT2D eigenvalue weighted by atomic mass is 32.2. The summed E-state index contributed by atoms with van der Waals surface area (Å²) >= 11 is 3.17. The predicted molar refractivity (Wildman–Crippen MR) is 105 cm³/mol. The van der Waals surface area contributed by atoms with Crippen molar-refractivity contribution in [2.24, 2.45) is 5.92 Å². The van der Waals surface area contributed by atoms with Gasteiger partial charge < -0.3 is 15.0 Å². The molecule has 142 valence electrons. The molecule has 1 saturated heterocycles. The minimum absolute atomic E-state index is 0.0547. The van der Waals surface area contributed by atoms with Crippen LogP contribution in [0.25, 0.3) is 0 Å². The van der Waals surface area contributed by atoms with Crippen molar-refractivity contribution in [2.45, 2.75) is 37.7 Å². The van der Waals surface area contributed by atoms with Gasteiger partial charge in [0.15, 0.2) is 0 Å². The molecule has 1 aromatic rings. The maximum atomic E-state index is 12.5. The van der Waals surface area contributed by atoms with Crippen LogP contribution >= 0.6 is 23.1 Å². The number of hydrogen-bond donors (Lipinski definition) is 1. The summed E-state index contributed by atoms with van der Waals surface area (Å²) in [6.07, 6.45) is 6.96. The fraction of sp³-hybridized carbons (Fsp3) is 0.684. The summed E-state index contributed by atoms with van der Waals surface area (Å²) in [5.74, 6) is 1.50. The second-order valence-electron chi connectivity index (χ2n) is 7.52. The van der Waals surface area contributed by atoms with E-state index in [1.165, 1.54) is 23.3 Å². The molecule has 26 heavy (non-hydrogen) atoms. The van der Waals surface area contributed by atoms with Gasteiger partial charge in [-0.3, -0.25) is 9.59 Å². The van der Waals surface area contributed by atoms with Crippen LogP contribution in [0.1, 0.15) is 45.8 Å². The Morgan fingerprint density at radius 3 is 2.85 bits per heavy atom. The zero-order valence-electron chi connectivity index (χ0n) is 15.2. The zero-order chi connectivity index (χ0) is 18.1. The van der Waals surface area contributed by atoms with Gasteiger partial charge in [0.1, 0.15) is 5.60 Å². The Kier molecular flexibility index (Phi) is 5.30. The molecule has 2 aliphatic heterocycles. The van der Waals surface area contributed by atoms with Crippen LogP contribution in [0, 0.1) is 5.92 Å². The fourth-order valence-electron chi connectivity index (χ4n) is 3.88. The Bertz CT molecular complexity index is 691. The molecule has 2 fully saturated rings. The van der Waals surface area contributed by atoms with Gasteiger partial charge in [-0.15, -0.1) is 11.3 Å². The Hall–Kier alpha value is -1.05. The third-order valence-corrected chi connectivity index (χ3v) is 7.53. The van der Waals surface area contributed by atoms with E-state index in [0.29, 0.717) is 18.3 Å². The summed E-state index contributed by atoms with van der Waals surface area (Å²) in [4.78, 5) is 28.6. The number of piperidine rings is 1. The monoisotopic (exact) mass is 394 g/mol. The lowest BCUT2D eigenvalue weighted by atomic mass is 9.85. The summed E-state index contributed by atoms with van der Waals surface area (Å²) in [6.45, 7) is 2.97. The molecule has 4 rings (SSSR count). The zero-order valence-corrected chi connectivity index (χ0v) is 16.8. The summed E-state index contributed by atoms with van der Waals surface area (Å²) in [5, 5.41) is 3.07. The topological polar surface area (TPSA) is 58.6 Å². The van der Waals surface area contributed by atoms with E-state index in [1.807, 2.05) is 11.2 Å². The van der Waals surface area contributed by atoms with Gasteiger partial charge in [0.2, 0.25) is 5.91 Å². The van der Waals surface area contributed by atoms with Gasteiger partial charge >= 0.3 is 0 Å². The minimum atomic E-state index is -0.302. The summed E-state index contributed by atoms with van der Waals surface area (Å²) in [5.41, 5.74) is 0.963. The van der Waals surface area contributed by atoms with Gasteiger partial charge in [-0.05, 0) is 55.9 Å². The van der Waals surface area contributed by atoms with Gasteiger partial charge in [-0.25, -0.2) is 0 Å². The van der Waals surface area contributed by atoms with Crippen molar-refractivity contribution >= 4 is 34.9 Å². The maximum absolute atomic E-state index is 12.5. The van der Waals surface area contributed by atoms with Crippen molar-refractivity contribution in [3.63, 3.8) is 0 Å². The number of likely N-dealkylation sites (tertiary alicyclic amines) is 1. The van der Waals surface area contributed by atoms with E-state index >= 15 is 0 Å². The van der Waals surface area contributed by atoms with Gasteiger partial charge in [0.25, 0.3) is 5.91 Å². The first kappa shape index (κ1) is 18.3. The highest BCUT2D eigenvalue weighted by Gasteiger charge is 2.43. The van der Waals surface area contributed by atoms with E-state index in [2.05, 4.69) is 11.4 Å². The van der Waals surface area contributed by atoms with Crippen LogP contribution in [-0.4, -0.2) is 55.0 Å². The minimum Gasteiger partial charge on any atom is -0.369 e. The standard InChI is InChI=1S/C19H26N2O3S2/c1-25-12-16(22)21-7-5-19(6-8-21)17-14(4-9-24-19)10-15(26-17)18(23)20-11-13-2-3-13/h10,13H,2-9,11-12H2,1H3,(H,20,23). The van der Waals surface area contributed by atoms with Crippen molar-refractivity contribution in [3.05, 3.63) is 21.4 Å². The fourth-order valence-corrected chi connectivity index (χ4v) is 5.64. The molecular weight excluding hydrogens is 368 g/mol. The third-order valence-electron chi connectivity index (χ3n) is 5.64. The second-order valence-corrected chi connectivity index (χ2v) is 9.44. The summed E-state index contributed by atoms with van der Waals surface area (Å²) < 4.78 is 6.26. The number of ether oxygens (including phenoxy) is 1. The van der Waals surface area contributed by atoms with E-state index in [4.69, 9.17) is 4.74 Å². The molecule has 3 aliphatic rings. The number of thiophene rings is 1. The smallest absolute Gasteiger partial charge is 0.261 e. The van der Waals surface area contributed by atoms with Crippen LogP contribution < -0.4 is 5.32 Å². The van der Waals surface area contributed by atoms with Crippen LogP contribution in [0.2, 0.25) is 0 Å². The molecule has 1 N–H and O–H groups in total. The number of thioether (sulfide) groups is 1. The molecule has 0 bridgehead atoms. The van der Waals surface area contributed by atoms with Crippen LogP contribution in [0.3, 0.4) is 0 Å². The largest absolute Gasteiger partial charge is 0.369 e. The predicted octanol–water partition coefficient (Wildman–Crippen LogP) is 2.64. The highest BCUT2D eigenvalue weighted by Crippen LogP contribution is 2.45. The maximum Gasteiger partial charge on any atom is 0.261 e. The quantitative estimate of drug-likeness (QED) is 0.834. The number of amides is 2. The SMILES string of the molecule is CSCC(=O)N1CCC2(CC1)OCCc1cc(C(=O)NCC3CC3)sc12. The normalized spacial score (nSPS) is 21.5. The number of fused-ring (bicyclic) bond motifs is 2. The third kappa shape index (κ3) is 3.66. The summed E-state index contributed by atoms with van der Waals surface area (Å²) in [7, 11) is 0. The molecule has 1 saturated carbocycles. The molecule has 0 atom stereocenters. The number of carbonyl (C=O) groups is 2. The Balaban J connectivity index is 1.47. The van der Waals surface area contributed by atoms with E-state index in [0.717, 1.165) is 43.8 Å². The van der Waals surface area contributed by atoms with Crippen molar-refractivity contribution in [3.8, 4) is 0 Å². The average Bonchev–Trinajstić information content (AvgIpc) is 3.37. The van der Waals surface area contributed by atoms with Crippen LogP contribution in [0.5, 0.6) is 0 Å². The molecule has 1 spiro atoms. The lowest BCUT2D eigenvalue weighted by Gasteiger charge is -2.43. The molecule has 7 heteroatoms. The van der Waals surface area contributed by atoms with E-state index in [9.17, 15) is 9.59 Å². The van der Waals surface area contributed by atoms with E-state index in [-0.39, 0.29) is 17.4 Å². The molecule has 0 radical (unpaired) electrons. The van der Waals surface area contributed by atoms with Crippen LogP contribution in [0.4, 0.5) is 0 Å². The Morgan fingerprint density at radius 2 is 2.15 bits per heavy atom. The summed E-state index contributed by atoms with van der Waals surface area (Å²) in [6, 6.07) is 2.07. The molecular formula is C19H26N2O3S2. The highest BCUT2D eigenvalue weighted by molar-refractivity contribution is 7.99. The number of carbonyl (C=O) groups excluding carboxylic acids is 2. The average molecular weight is 395 g/mol. The lowest BCUT2D eigenvalue weighted by molar-refractivity contribution is -0.137. The van der Waals surface area contributed by atoms with Crippen molar-refractivity contribution in [2.75, 3.05) is 38.2 Å². The van der Waals surface area contributed by atoms with Gasteiger partial charge in [-0.2, -0.15) is 11.8 Å². The van der Waals surface area contributed by atoms with Crippen molar-refractivity contribution in [1.29, 1.82) is 0 Å². The first-order chi connectivity index (χ1) is 12.6. The van der Waals surface area contributed by atoms with Crippen LogP contribution in [0.15, 0.2) is 6.07 Å². The number of hydrogen-bond acceptors (Lipinski definition) is 5. The molecule has 1 aromatic heterocycles. The Labute approximate surface area is 162 Å². The molecule has 0 unspecified atom stereocenters. The number of rotatable bonds is 5. The van der Waals surface area contributed by atoms with Crippen molar-refractivity contribution in [1.82, 2.24) is 10.2 Å². The number of nitrogens with zero attached hydrogens (tertiary/aromatic N) is 1. The molecule has 0 aromatic carbocycles. The van der Waals surface area contributed by atoms with Gasteiger partial charge in [0, 0.05) is 24.5 Å². The Morgan fingerprint density at radius 1 is 1.38 bits per heavy atom. The first-order valence-electron chi connectivity index (χ1n) is 9.43. The van der Waals surface area contributed by atoms with Crippen LogP contribution in [-0.2, 0) is 21.6 Å². The molecule has 5 nitrogen and oxygen atoms in total. The second kappa shape index (κ2) is 7.52. The van der Waals surface area contributed by atoms with Gasteiger partial charge in [0.05, 0.1) is 17.2 Å². The molecule has 3 heterocycles. The van der Waals surface area contributed by atoms with E-state index in [1.54, 1.807) is 23.1 Å². The molecule has 1 aliphatic carbocycles. The van der Waals surface area contributed by atoms with Gasteiger partial charge in [-0.1, -0.05) is 0 Å². The first-order valence-corrected chi connectivity index (χ1v) is 11.6. The number of nitrogens with one attached hydrogen (secondary N) is 1.